The average Bonchev–Trinajstić information content (AvgIpc) is 2.75. The van der Waals surface area contributed by atoms with Crippen LogP contribution < -0.4 is 10.6 Å². The van der Waals surface area contributed by atoms with E-state index in [1.165, 1.54) is 48.5 Å². The van der Waals surface area contributed by atoms with Crippen LogP contribution in [0.4, 0.5) is 0 Å². The first-order valence-corrected chi connectivity index (χ1v) is 8.82. The van der Waals surface area contributed by atoms with Gasteiger partial charge in [0.25, 0.3) is 0 Å². The van der Waals surface area contributed by atoms with E-state index in [0.29, 0.717) is 0 Å². The molecule has 0 radical (unpaired) electrons. The topological polar surface area (TPSA) is 39.7 Å². The lowest BCUT2D eigenvalue weighted by atomic mass is 10.2. The third-order valence-electron chi connectivity index (χ3n) is 3.87. The number of aryl methyl sites for hydroxylation is 1. The molecule has 0 aromatic carbocycles. The summed E-state index contributed by atoms with van der Waals surface area (Å²) in [5, 5.41) is 6.80. The lowest BCUT2D eigenvalue weighted by molar-refractivity contribution is 0.289. The Bertz CT molecular complexity index is 439. The molecule has 0 spiro atoms. The number of nitrogens with one attached hydrogen (secondary N) is 2. The number of nitrogens with zero attached hydrogens (tertiary/aromatic N) is 2. The highest BCUT2D eigenvalue weighted by atomic mass is 127. The standard InChI is InChI=1S/C16H28N4S.HI/c1-14-7-8-15(21-14)13-19-16(17-2)18-9-12-20-10-5-3-4-6-11-20;/h7-8H,3-6,9-13H2,1-2H3,(H2,17,18,19);1H. The van der Waals surface area contributed by atoms with Gasteiger partial charge in [-0.15, -0.1) is 35.3 Å². The quantitative estimate of drug-likeness (QED) is 0.423. The Balaban J connectivity index is 0.00000242. The van der Waals surface area contributed by atoms with E-state index in [1.54, 1.807) is 0 Å². The van der Waals surface area contributed by atoms with Gasteiger partial charge < -0.3 is 15.5 Å². The van der Waals surface area contributed by atoms with Crippen LogP contribution in [0.5, 0.6) is 0 Å². The van der Waals surface area contributed by atoms with Crippen LogP contribution in [0.2, 0.25) is 0 Å². The molecule has 6 heteroatoms. The first-order chi connectivity index (χ1) is 10.3. The van der Waals surface area contributed by atoms with Crippen molar-refractivity contribution in [3.63, 3.8) is 0 Å². The maximum atomic E-state index is 4.29. The van der Waals surface area contributed by atoms with Crippen molar-refractivity contribution in [3.05, 3.63) is 21.9 Å². The number of aliphatic imine (C=N–C) groups is 1. The zero-order chi connectivity index (χ0) is 14.9. The maximum absolute atomic E-state index is 4.29. The van der Waals surface area contributed by atoms with Crippen LogP contribution >= 0.6 is 35.3 Å². The monoisotopic (exact) mass is 436 g/mol. The van der Waals surface area contributed by atoms with E-state index in [4.69, 9.17) is 0 Å². The molecule has 2 N–H and O–H groups in total. The molecular formula is C16H29IN4S. The van der Waals surface area contributed by atoms with E-state index in [-0.39, 0.29) is 24.0 Å². The third-order valence-corrected chi connectivity index (χ3v) is 4.87. The van der Waals surface area contributed by atoms with Gasteiger partial charge in [0, 0.05) is 29.9 Å². The Hall–Kier alpha value is -0.340. The lowest BCUT2D eigenvalue weighted by Gasteiger charge is -2.20. The van der Waals surface area contributed by atoms with Crippen LogP contribution in [-0.2, 0) is 6.54 Å². The summed E-state index contributed by atoms with van der Waals surface area (Å²) in [6.07, 6.45) is 5.50. The van der Waals surface area contributed by atoms with Crippen molar-refractivity contribution in [2.75, 3.05) is 33.2 Å². The average molecular weight is 436 g/mol. The molecule has 126 valence electrons. The van der Waals surface area contributed by atoms with Crippen LogP contribution in [0, 0.1) is 6.92 Å². The van der Waals surface area contributed by atoms with Gasteiger partial charge in [-0.1, -0.05) is 12.8 Å². The van der Waals surface area contributed by atoms with Crippen molar-refractivity contribution in [3.8, 4) is 0 Å². The molecule has 0 bridgehead atoms. The van der Waals surface area contributed by atoms with E-state index in [0.717, 1.165) is 25.6 Å². The molecule has 1 aromatic rings. The summed E-state index contributed by atoms with van der Waals surface area (Å²) in [4.78, 5) is 9.56. The summed E-state index contributed by atoms with van der Waals surface area (Å²) in [5.41, 5.74) is 0. The SMILES string of the molecule is CN=C(NCCN1CCCCCC1)NCc1ccc(C)s1.I. The van der Waals surface area contributed by atoms with Gasteiger partial charge in [0.05, 0.1) is 6.54 Å². The first-order valence-electron chi connectivity index (χ1n) is 8.00. The molecule has 1 saturated heterocycles. The lowest BCUT2D eigenvalue weighted by Crippen LogP contribution is -2.41. The Labute approximate surface area is 155 Å². The predicted octanol–water partition coefficient (Wildman–Crippen LogP) is 3.22. The highest BCUT2D eigenvalue weighted by Crippen LogP contribution is 2.14. The number of thiophene rings is 1. The van der Waals surface area contributed by atoms with Crippen molar-refractivity contribution in [1.29, 1.82) is 0 Å². The van der Waals surface area contributed by atoms with Crippen molar-refractivity contribution in [2.45, 2.75) is 39.2 Å². The zero-order valence-corrected chi connectivity index (χ0v) is 16.9. The second-order valence-electron chi connectivity index (χ2n) is 5.62. The normalized spacial score (nSPS) is 16.7. The maximum Gasteiger partial charge on any atom is 0.191 e. The van der Waals surface area contributed by atoms with E-state index in [1.807, 2.05) is 18.4 Å². The van der Waals surface area contributed by atoms with Gasteiger partial charge in [0.1, 0.15) is 0 Å². The summed E-state index contributed by atoms with van der Waals surface area (Å²) in [7, 11) is 1.83. The van der Waals surface area contributed by atoms with Gasteiger partial charge in [-0.25, -0.2) is 0 Å². The van der Waals surface area contributed by atoms with E-state index in [2.05, 4.69) is 39.6 Å². The van der Waals surface area contributed by atoms with Gasteiger partial charge in [0.2, 0.25) is 0 Å². The molecule has 4 nitrogen and oxygen atoms in total. The van der Waals surface area contributed by atoms with Crippen LogP contribution in [0.3, 0.4) is 0 Å². The second-order valence-corrected chi connectivity index (χ2v) is 6.99. The molecule has 1 aliphatic rings. The fraction of sp³-hybridized carbons (Fsp3) is 0.688. The summed E-state index contributed by atoms with van der Waals surface area (Å²) in [6.45, 7) is 7.57. The van der Waals surface area contributed by atoms with Gasteiger partial charge in [0.15, 0.2) is 5.96 Å². The molecule has 0 saturated carbocycles. The number of guanidine groups is 1. The van der Waals surface area contributed by atoms with Crippen molar-refractivity contribution >= 4 is 41.3 Å². The summed E-state index contributed by atoms with van der Waals surface area (Å²) in [5.74, 6) is 0.899. The fourth-order valence-corrected chi connectivity index (χ4v) is 3.49. The fourth-order valence-electron chi connectivity index (χ4n) is 2.66. The minimum absolute atomic E-state index is 0. The van der Waals surface area contributed by atoms with Crippen LogP contribution in [0.15, 0.2) is 17.1 Å². The largest absolute Gasteiger partial charge is 0.355 e. The van der Waals surface area contributed by atoms with Crippen LogP contribution in [-0.4, -0.2) is 44.1 Å². The molecule has 0 atom stereocenters. The minimum atomic E-state index is 0. The van der Waals surface area contributed by atoms with E-state index < -0.39 is 0 Å². The highest BCUT2D eigenvalue weighted by molar-refractivity contribution is 14.0. The number of likely N-dealkylation sites (tertiary alicyclic amines) is 1. The molecule has 0 aliphatic carbocycles. The van der Waals surface area contributed by atoms with Gasteiger partial charge >= 0.3 is 0 Å². The number of hydrogen-bond donors (Lipinski definition) is 2. The van der Waals surface area contributed by atoms with Gasteiger partial charge in [-0.05, 0) is 45.0 Å². The summed E-state index contributed by atoms with van der Waals surface area (Å²) in [6, 6.07) is 4.34. The molecule has 2 heterocycles. The van der Waals surface area contributed by atoms with Crippen LogP contribution in [0.1, 0.15) is 35.4 Å². The minimum Gasteiger partial charge on any atom is -0.355 e. The second kappa shape index (κ2) is 11.2. The van der Waals surface area contributed by atoms with E-state index >= 15 is 0 Å². The molecule has 0 unspecified atom stereocenters. The Kier molecular flexibility index (Phi) is 10.1. The van der Waals surface area contributed by atoms with Crippen molar-refractivity contribution in [1.82, 2.24) is 15.5 Å². The van der Waals surface area contributed by atoms with Gasteiger partial charge in [-0.2, -0.15) is 0 Å². The Morgan fingerprint density at radius 2 is 1.91 bits per heavy atom. The predicted molar refractivity (Wildman–Crippen MR) is 108 cm³/mol. The number of hydrogen-bond acceptors (Lipinski definition) is 3. The molecule has 1 aromatic heterocycles. The smallest absolute Gasteiger partial charge is 0.191 e. The van der Waals surface area contributed by atoms with E-state index in [9.17, 15) is 0 Å². The van der Waals surface area contributed by atoms with Crippen molar-refractivity contribution in [2.24, 2.45) is 4.99 Å². The molecule has 1 aliphatic heterocycles. The Morgan fingerprint density at radius 1 is 1.18 bits per heavy atom. The Morgan fingerprint density at radius 3 is 2.50 bits per heavy atom. The molecule has 1 fully saturated rings. The number of halogens is 1. The highest BCUT2D eigenvalue weighted by Gasteiger charge is 2.08. The molecule has 22 heavy (non-hydrogen) atoms. The van der Waals surface area contributed by atoms with Gasteiger partial charge in [-0.3, -0.25) is 4.99 Å². The summed E-state index contributed by atoms with van der Waals surface area (Å²) >= 11 is 1.84. The van der Waals surface area contributed by atoms with Crippen molar-refractivity contribution < 1.29 is 0 Å². The zero-order valence-electron chi connectivity index (χ0n) is 13.7. The summed E-state index contributed by atoms with van der Waals surface area (Å²) < 4.78 is 0. The first kappa shape index (κ1) is 19.7. The molecular weight excluding hydrogens is 407 g/mol. The molecule has 2 rings (SSSR count). The molecule has 0 amide bonds. The van der Waals surface area contributed by atoms with Crippen LogP contribution in [0.25, 0.3) is 0 Å². The third kappa shape index (κ3) is 7.28. The number of rotatable bonds is 5.